The zero-order valence-corrected chi connectivity index (χ0v) is 16.1. The molecule has 1 aromatic rings. The standard InChI is InChI=1S/C21H34N2O2/c1-16-13-21(25-3)17(2)12-18(16)14-22-9-10-23(19-6-4-5-7-19)20(15-22)8-11-24/h12-13,19-20,24H,4-11,14-15H2,1-3H3/t20-/m0/s1. The molecule has 0 spiro atoms. The SMILES string of the molecule is COc1cc(C)c(CN2CCN(C3CCCC3)[C@@H](CCO)C2)cc1C. The smallest absolute Gasteiger partial charge is 0.122 e. The monoisotopic (exact) mass is 346 g/mol. The number of benzene rings is 1. The summed E-state index contributed by atoms with van der Waals surface area (Å²) in [5.41, 5.74) is 3.91. The second-order valence-electron chi connectivity index (χ2n) is 7.83. The number of aryl methyl sites for hydroxylation is 2. The summed E-state index contributed by atoms with van der Waals surface area (Å²) in [4.78, 5) is 5.27. The maximum atomic E-state index is 9.53. The first-order valence-corrected chi connectivity index (χ1v) is 9.85. The highest BCUT2D eigenvalue weighted by Gasteiger charge is 2.33. The Labute approximate surface area is 152 Å². The van der Waals surface area contributed by atoms with E-state index in [1.807, 2.05) is 0 Å². The third-order valence-electron chi connectivity index (χ3n) is 6.12. The third-order valence-corrected chi connectivity index (χ3v) is 6.12. The largest absolute Gasteiger partial charge is 0.496 e. The molecule has 0 bridgehead atoms. The van der Waals surface area contributed by atoms with E-state index in [-0.39, 0.29) is 0 Å². The van der Waals surface area contributed by atoms with Gasteiger partial charge in [-0.1, -0.05) is 18.9 Å². The molecule has 140 valence electrons. The molecule has 0 radical (unpaired) electrons. The molecule has 0 aromatic heterocycles. The number of nitrogens with zero attached hydrogens (tertiary/aromatic N) is 2. The number of aliphatic hydroxyl groups is 1. The summed E-state index contributed by atoms with van der Waals surface area (Å²) in [5.74, 6) is 0.977. The molecular weight excluding hydrogens is 312 g/mol. The van der Waals surface area contributed by atoms with E-state index >= 15 is 0 Å². The van der Waals surface area contributed by atoms with Crippen molar-refractivity contribution in [3.63, 3.8) is 0 Å². The summed E-state index contributed by atoms with van der Waals surface area (Å²) >= 11 is 0. The lowest BCUT2D eigenvalue weighted by Crippen LogP contribution is -2.56. The van der Waals surface area contributed by atoms with Crippen LogP contribution in [0.4, 0.5) is 0 Å². The molecule has 1 aliphatic carbocycles. The Morgan fingerprint density at radius 1 is 1.12 bits per heavy atom. The maximum Gasteiger partial charge on any atom is 0.122 e. The Balaban J connectivity index is 1.67. The van der Waals surface area contributed by atoms with Gasteiger partial charge in [0.15, 0.2) is 0 Å². The average molecular weight is 347 g/mol. The molecule has 1 N–H and O–H groups in total. The molecule has 1 heterocycles. The van der Waals surface area contributed by atoms with Crippen molar-refractivity contribution in [3.8, 4) is 5.75 Å². The Morgan fingerprint density at radius 3 is 2.56 bits per heavy atom. The molecule has 1 saturated carbocycles. The molecule has 1 saturated heterocycles. The molecule has 2 fully saturated rings. The van der Waals surface area contributed by atoms with E-state index in [1.165, 1.54) is 42.4 Å². The van der Waals surface area contributed by atoms with Crippen LogP contribution in [0.25, 0.3) is 0 Å². The van der Waals surface area contributed by atoms with Crippen LogP contribution < -0.4 is 4.74 Å². The van der Waals surface area contributed by atoms with Crippen molar-refractivity contribution in [1.29, 1.82) is 0 Å². The topological polar surface area (TPSA) is 35.9 Å². The molecule has 1 atom stereocenters. The van der Waals surface area contributed by atoms with Gasteiger partial charge < -0.3 is 9.84 Å². The highest BCUT2D eigenvalue weighted by atomic mass is 16.5. The average Bonchev–Trinajstić information content (AvgIpc) is 3.13. The van der Waals surface area contributed by atoms with Gasteiger partial charge in [-0.15, -0.1) is 0 Å². The number of aliphatic hydroxyl groups excluding tert-OH is 1. The Morgan fingerprint density at radius 2 is 1.88 bits per heavy atom. The van der Waals surface area contributed by atoms with Crippen LogP contribution in [0.1, 0.15) is 48.8 Å². The molecule has 25 heavy (non-hydrogen) atoms. The highest BCUT2D eigenvalue weighted by Crippen LogP contribution is 2.29. The first-order chi connectivity index (χ1) is 12.1. The normalized spacial score (nSPS) is 23.3. The highest BCUT2D eigenvalue weighted by molar-refractivity contribution is 5.41. The number of hydrogen-bond donors (Lipinski definition) is 1. The van der Waals surface area contributed by atoms with Crippen molar-refractivity contribution in [1.82, 2.24) is 9.80 Å². The van der Waals surface area contributed by atoms with Crippen molar-refractivity contribution in [3.05, 3.63) is 28.8 Å². The summed E-state index contributed by atoms with van der Waals surface area (Å²) < 4.78 is 5.44. The minimum atomic E-state index is 0.294. The van der Waals surface area contributed by atoms with Gasteiger partial charge in [0.1, 0.15) is 5.75 Å². The lowest BCUT2D eigenvalue weighted by molar-refractivity contribution is 0.0266. The minimum Gasteiger partial charge on any atom is -0.496 e. The fourth-order valence-corrected chi connectivity index (χ4v) is 4.68. The van der Waals surface area contributed by atoms with Crippen molar-refractivity contribution in [2.75, 3.05) is 33.4 Å². The summed E-state index contributed by atoms with van der Waals surface area (Å²) in [7, 11) is 1.74. The maximum absolute atomic E-state index is 9.53. The van der Waals surface area contributed by atoms with E-state index in [1.54, 1.807) is 7.11 Å². The van der Waals surface area contributed by atoms with Crippen LogP contribution in [-0.4, -0.2) is 60.3 Å². The van der Waals surface area contributed by atoms with Gasteiger partial charge >= 0.3 is 0 Å². The van der Waals surface area contributed by atoms with Gasteiger partial charge in [-0.3, -0.25) is 9.80 Å². The molecule has 4 nitrogen and oxygen atoms in total. The predicted octanol–water partition coefficient (Wildman–Crippen LogP) is 3.12. The van der Waals surface area contributed by atoms with Gasteiger partial charge in [-0.2, -0.15) is 0 Å². The molecule has 3 rings (SSSR count). The lowest BCUT2D eigenvalue weighted by Gasteiger charge is -2.44. The first kappa shape index (κ1) is 18.7. The van der Waals surface area contributed by atoms with Gasteiger partial charge in [0.05, 0.1) is 7.11 Å². The van der Waals surface area contributed by atoms with E-state index in [0.29, 0.717) is 12.6 Å². The van der Waals surface area contributed by atoms with Crippen LogP contribution >= 0.6 is 0 Å². The Hall–Kier alpha value is -1.10. The van der Waals surface area contributed by atoms with Gasteiger partial charge in [0, 0.05) is 44.9 Å². The zero-order valence-electron chi connectivity index (χ0n) is 16.1. The molecule has 1 aromatic carbocycles. The summed E-state index contributed by atoms with van der Waals surface area (Å²) in [6, 6.07) is 5.69. The van der Waals surface area contributed by atoms with Crippen LogP contribution in [0.5, 0.6) is 5.75 Å². The minimum absolute atomic E-state index is 0.294. The predicted molar refractivity (Wildman–Crippen MR) is 102 cm³/mol. The van der Waals surface area contributed by atoms with Crippen molar-refractivity contribution in [2.24, 2.45) is 0 Å². The van der Waals surface area contributed by atoms with Crippen LogP contribution in [0.15, 0.2) is 12.1 Å². The number of hydrogen-bond acceptors (Lipinski definition) is 4. The van der Waals surface area contributed by atoms with Crippen molar-refractivity contribution < 1.29 is 9.84 Å². The second-order valence-corrected chi connectivity index (χ2v) is 7.83. The van der Waals surface area contributed by atoms with Crippen LogP contribution in [0.2, 0.25) is 0 Å². The molecule has 1 aliphatic heterocycles. The van der Waals surface area contributed by atoms with Crippen LogP contribution in [0, 0.1) is 13.8 Å². The van der Waals surface area contributed by atoms with E-state index in [2.05, 4.69) is 35.8 Å². The quantitative estimate of drug-likeness (QED) is 0.858. The number of methoxy groups -OCH3 is 1. The number of piperazine rings is 1. The van der Waals surface area contributed by atoms with E-state index < -0.39 is 0 Å². The first-order valence-electron chi connectivity index (χ1n) is 9.85. The molecule has 0 amide bonds. The number of ether oxygens (including phenoxy) is 1. The van der Waals surface area contributed by atoms with E-state index in [9.17, 15) is 5.11 Å². The van der Waals surface area contributed by atoms with Crippen LogP contribution in [0.3, 0.4) is 0 Å². The van der Waals surface area contributed by atoms with Gasteiger partial charge in [0.2, 0.25) is 0 Å². The molecule has 4 heteroatoms. The fraction of sp³-hybridized carbons (Fsp3) is 0.714. The third kappa shape index (κ3) is 4.36. The molecule has 0 unspecified atom stereocenters. The second kappa shape index (κ2) is 8.52. The lowest BCUT2D eigenvalue weighted by atomic mass is 10.0. The zero-order chi connectivity index (χ0) is 17.8. The summed E-state index contributed by atoms with van der Waals surface area (Å²) in [6.45, 7) is 8.93. The van der Waals surface area contributed by atoms with E-state index in [4.69, 9.17) is 4.74 Å². The molecular formula is C21H34N2O2. The fourth-order valence-electron chi connectivity index (χ4n) is 4.68. The van der Waals surface area contributed by atoms with Crippen LogP contribution in [-0.2, 0) is 6.54 Å². The van der Waals surface area contributed by atoms with Gasteiger partial charge in [0.25, 0.3) is 0 Å². The Kier molecular flexibility index (Phi) is 6.37. The summed E-state index contributed by atoms with van der Waals surface area (Å²) in [5, 5.41) is 9.53. The molecule has 2 aliphatic rings. The Bertz CT molecular complexity index is 569. The van der Waals surface area contributed by atoms with Gasteiger partial charge in [-0.05, 0) is 55.9 Å². The van der Waals surface area contributed by atoms with Gasteiger partial charge in [-0.25, -0.2) is 0 Å². The number of rotatable bonds is 6. The summed E-state index contributed by atoms with van der Waals surface area (Å²) in [6.07, 6.45) is 6.34. The van der Waals surface area contributed by atoms with Crippen molar-refractivity contribution >= 4 is 0 Å². The van der Waals surface area contributed by atoms with E-state index in [0.717, 1.165) is 44.4 Å². The van der Waals surface area contributed by atoms with Crippen molar-refractivity contribution in [2.45, 2.75) is 64.6 Å².